The molecule has 1 saturated carbocycles. The lowest BCUT2D eigenvalue weighted by Gasteiger charge is -2.58. The third kappa shape index (κ3) is 7.76. The molecule has 2 rings (SSSR count). The lowest BCUT2D eigenvalue weighted by molar-refractivity contribution is -0.237. The highest BCUT2D eigenvalue weighted by Gasteiger charge is 2.59. The molecule has 7 nitrogen and oxygen atoms in total. The van der Waals surface area contributed by atoms with Crippen molar-refractivity contribution in [3.05, 3.63) is 29.8 Å². The van der Waals surface area contributed by atoms with E-state index in [0.717, 1.165) is 30.9 Å². The van der Waals surface area contributed by atoms with Crippen molar-refractivity contribution in [2.45, 2.75) is 58.8 Å². The topological polar surface area (TPSA) is 84.3 Å². The van der Waals surface area contributed by atoms with Gasteiger partial charge in [-0.25, -0.2) is 4.99 Å². The van der Waals surface area contributed by atoms with Gasteiger partial charge in [-0.05, 0) is 38.0 Å². The van der Waals surface area contributed by atoms with Gasteiger partial charge in [0.2, 0.25) is 0 Å². The van der Waals surface area contributed by atoms with Crippen molar-refractivity contribution in [1.29, 1.82) is 0 Å². The molecule has 3 N–H and O–H groups in total. The molecule has 0 heterocycles. The van der Waals surface area contributed by atoms with E-state index in [0.29, 0.717) is 38.7 Å². The van der Waals surface area contributed by atoms with Gasteiger partial charge >= 0.3 is 0 Å². The molecular formula is C23H40IN3O4. The average Bonchev–Trinajstić information content (AvgIpc) is 2.75. The van der Waals surface area contributed by atoms with Crippen LogP contribution >= 0.6 is 24.0 Å². The number of hydrogen-bond acceptors (Lipinski definition) is 5. The molecular weight excluding hydrogens is 509 g/mol. The summed E-state index contributed by atoms with van der Waals surface area (Å²) in [6.07, 6.45) is 1.59. The molecule has 0 spiro atoms. The predicted molar refractivity (Wildman–Crippen MR) is 135 cm³/mol. The van der Waals surface area contributed by atoms with Gasteiger partial charge in [0, 0.05) is 44.7 Å². The lowest BCUT2D eigenvalue weighted by atomic mass is 9.56. The van der Waals surface area contributed by atoms with Gasteiger partial charge in [-0.2, -0.15) is 0 Å². The number of aliphatic hydroxyl groups is 1. The molecule has 0 amide bonds. The van der Waals surface area contributed by atoms with Crippen molar-refractivity contribution in [3.63, 3.8) is 0 Å². The first-order chi connectivity index (χ1) is 14.4. The summed E-state index contributed by atoms with van der Waals surface area (Å²) in [4.78, 5) is 4.70. The fourth-order valence-electron chi connectivity index (χ4n) is 3.59. The van der Waals surface area contributed by atoms with Crippen LogP contribution in [0, 0.1) is 5.41 Å². The number of hydrogen-bond donors (Lipinski definition) is 3. The average molecular weight is 549 g/mol. The van der Waals surface area contributed by atoms with Crippen LogP contribution in [0.2, 0.25) is 0 Å². The third-order valence-corrected chi connectivity index (χ3v) is 5.98. The SMILES string of the molecule is CCOCCCNC(=NCc1ccc(OC)cc1)NCC1(O)CC(OCC)C1(C)C.I. The van der Waals surface area contributed by atoms with Gasteiger partial charge in [0.05, 0.1) is 25.4 Å². The maximum absolute atomic E-state index is 11.1. The van der Waals surface area contributed by atoms with Crippen LogP contribution in [0.4, 0.5) is 0 Å². The van der Waals surface area contributed by atoms with E-state index in [1.54, 1.807) is 7.11 Å². The van der Waals surface area contributed by atoms with Crippen LogP contribution in [0.5, 0.6) is 5.75 Å². The van der Waals surface area contributed by atoms with Crippen molar-refractivity contribution in [2.24, 2.45) is 10.4 Å². The Labute approximate surface area is 204 Å². The second-order valence-corrected chi connectivity index (χ2v) is 8.25. The van der Waals surface area contributed by atoms with Crippen LogP contribution < -0.4 is 15.4 Å². The van der Waals surface area contributed by atoms with E-state index in [1.165, 1.54) is 0 Å². The Bertz CT molecular complexity index is 669. The lowest BCUT2D eigenvalue weighted by Crippen LogP contribution is -2.69. The Morgan fingerprint density at radius 3 is 2.45 bits per heavy atom. The number of aliphatic imine (C=N–C) groups is 1. The molecule has 31 heavy (non-hydrogen) atoms. The molecule has 1 fully saturated rings. The number of nitrogens with one attached hydrogen (secondary N) is 2. The van der Waals surface area contributed by atoms with Crippen molar-refractivity contribution < 1.29 is 19.3 Å². The second-order valence-electron chi connectivity index (χ2n) is 8.25. The minimum atomic E-state index is -0.833. The fourth-order valence-corrected chi connectivity index (χ4v) is 3.59. The maximum atomic E-state index is 11.1. The number of guanidine groups is 1. The smallest absolute Gasteiger partial charge is 0.191 e. The van der Waals surface area contributed by atoms with Crippen LogP contribution in [0.15, 0.2) is 29.3 Å². The standard InChI is InChI=1S/C23H39N3O4.HI/c1-6-29-14-8-13-24-21(25-16-18-9-11-19(28-5)12-10-18)26-17-23(27)15-20(30-7-2)22(23,3)4;/h9-12,20,27H,6-8,13-17H2,1-5H3,(H2,24,25,26);1H. The number of halogens is 1. The van der Waals surface area contributed by atoms with Gasteiger partial charge in [0.15, 0.2) is 5.96 Å². The summed E-state index contributed by atoms with van der Waals surface area (Å²) >= 11 is 0. The van der Waals surface area contributed by atoms with Crippen LogP contribution in [-0.4, -0.2) is 62.8 Å². The molecule has 2 atom stereocenters. The molecule has 0 radical (unpaired) electrons. The summed E-state index contributed by atoms with van der Waals surface area (Å²) in [6.45, 7) is 11.9. The zero-order valence-corrected chi connectivity index (χ0v) is 21.9. The molecule has 1 aliphatic rings. The number of benzene rings is 1. The van der Waals surface area contributed by atoms with E-state index in [1.807, 2.05) is 38.1 Å². The van der Waals surface area contributed by atoms with Gasteiger partial charge in [-0.1, -0.05) is 26.0 Å². The largest absolute Gasteiger partial charge is 0.497 e. The number of methoxy groups -OCH3 is 1. The monoisotopic (exact) mass is 549 g/mol. The van der Waals surface area contributed by atoms with E-state index >= 15 is 0 Å². The second kappa shape index (κ2) is 13.4. The quantitative estimate of drug-likeness (QED) is 0.161. The molecule has 0 saturated heterocycles. The maximum Gasteiger partial charge on any atom is 0.191 e. The van der Waals surface area contributed by atoms with Gasteiger partial charge in [0.25, 0.3) is 0 Å². The molecule has 178 valence electrons. The van der Waals surface area contributed by atoms with Crippen molar-refractivity contribution in [2.75, 3.05) is 40.0 Å². The van der Waals surface area contributed by atoms with Gasteiger partial charge in [-0.3, -0.25) is 0 Å². The molecule has 0 aromatic heterocycles. The van der Waals surface area contributed by atoms with Gasteiger partial charge < -0.3 is 30.0 Å². The van der Waals surface area contributed by atoms with E-state index in [4.69, 9.17) is 19.2 Å². The van der Waals surface area contributed by atoms with Crippen molar-refractivity contribution in [3.8, 4) is 5.75 Å². The summed E-state index contributed by atoms with van der Waals surface area (Å²) in [5.41, 5.74) is -0.0578. The highest BCUT2D eigenvalue weighted by molar-refractivity contribution is 14.0. The van der Waals surface area contributed by atoms with Crippen LogP contribution in [0.3, 0.4) is 0 Å². The molecule has 2 unspecified atom stereocenters. The van der Waals surface area contributed by atoms with E-state index in [2.05, 4.69) is 24.5 Å². The Morgan fingerprint density at radius 2 is 1.87 bits per heavy atom. The van der Waals surface area contributed by atoms with Crippen molar-refractivity contribution in [1.82, 2.24) is 10.6 Å². The first-order valence-corrected chi connectivity index (χ1v) is 10.9. The molecule has 8 heteroatoms. The Morgan fingerprint density at radius 1 is 1.16 bits per heavy atom. The third-order valence-electron chi connectivity index (χ3n) is 5.98. The summed E-state index contributed by atoms with van der Waals surface area (Å²) in [5.74, 6) is 1.51. The Hall–Kier alpha value is -1.10. The highest BCUT2D eigenvalue weighted by Crippen LogP contribution is 2.50. The van der Waals surface area contributed by atoms with E-state index in [-0.39, 0.29) is 35.5 Å². The van der Waals surface area contributed by atoms with Crippen LogP contribution in [0.1, 0.15) is 46.1 Å². The number of rotatable bonds is 12. The summed E-state index contributed by atoms with van der Waals surface area (Å²) in [7, 11) is 1.66. The zero-order chi connectivity index (χ0) is 22.0. The van der Waals surface area contributed by atoms with E-state index < -0.39 is 5.60 Å². The summed E-state index contributed by atoms with van der Waals surface area (Å²) in [6, 6.07) is 7.87. The van der Waals surface area contributed by atoms with Crippen LogP contribution in [0.25, 0.3) is 0 Å². The molecule has 0 bridgehead atoms. The minimum absolute atomic E-state index is 0. The molecule has 1 aromatic rings. The fraction of sp³-hybridized carbons (Fsp3) is 0.696. The van der Waals surface area contributed by atoms with E-state index in [9.17, 15) is 5.11 Å². The minimum Gasteiger partial charge on any atom is -0.497 e. The first-order valence-electron chi connectivity index (χ1n) is 10.9. The van der Waals surface area contributed by atoms with Crippen molar-refractivity contribution >= 4 is 29.9 Å². The molecule has 1 aliphatic carbocycles. The first kappa shape index (κ1) is 27.9. The Kier molecular flexibility index (Phi) is 12.1. The summed E-state index contributed by atoms with van der Waals surface area (Å²) < 4.78 is 16.4. The number of ether oxygens (including phenoxy) is 3. The molecule has 0 aliphatic heterocycles. The normalized spacial score (nSPS) is 22.3. The Balaban J connectivity index is 0.00000480. The predicted octanol–water partition coefficient (Wildman–Crippen LogP) is 3.34. The number of nitrogens with zero attached hydrogens (tertiary/aromatic N) is 1. The van der Waals surface area contributed by atoms with Gasteiger partial charge in [0.1, 0.15) is 5.75 Å². The zero-order valence-electron chi connectivity index (χ0n) is 19.6. The highest BCUT2D eigenvalue weighted by atomic mass is 127. The molecule has 1 aromatic carbocycles. The van der Waals surface area contributed by atoms with Gasteiger partial charge in [-0.15, -0.1) is 24.0 Å². The summed E-state index contributed by atoms with van der Waals surface area (Å²) in [5, 5.41) is 17.8. The van der Waals surface area contributed by atoms with Crippen LogP contribution in [-0.2, 0) is 16.0 Å².